The van der Waals surface area contributed by atoms with Crippen molar-refractivity contribution in [3.05, 3.63) is 29.8 Å². The van der Waals surface area contributed by atoms with Gasteiger partial charge in [0, 0.05) is 6.54 Å². The molecule has 0 bridgehead atoms. The van der Waals surface area contributed by atoms with Crippen LogP contribution in [0.3, 0.4) is 0 Å². The van der Waals surface area contributed by atoms with Gasteiger partial charge in [-0.15, -0.1) is 0 Å². The maximum absolute atomic E-state index is 12.1. The predicted octanol–water partition coefficient (Wildman–Crippen LogP) is 1.46. The quantitative estimate of drug-likeness (QED) is 0.864. The highest BCUT2D eigenvalue weighted by molar-refractivity contribution is 7.88. The molecule has 1 saturated heterocycles. The Hall–Kier alpha value is -1.11. The highest BCUT2D eigenvalue weighted by atomic mass is 32.2. The van der Waals surface area contributed by atoms with Crippen molar-refractivity contribution in [3.8, 4) is 5.75 Å². The van der Waals surface area contributed by atoms with Crippen LogP contribution in [0.25, 0.3) is 0 Å². The van der Waals surface area contributed by atoms with Crippen LogP contribution in [0.5, 0.6) is 5.75 Å². The first kappa shape index (κ1) is 16.3. The van der Waals surface area contributed by atoms with E-state index in [1.54, 1.807) is 31.4 Å². The smallest absolute Gasteiger partial charge is 0.215 e. The molecule has 0 aromatic heterocycles. The zero-order valence-electron chi connectivity index (χ0n) is 12.7. The average Bonchev–Trinajstić information content (AvgIpc) is 2.47. The molecule has 1 aromatic rings. The van der Waals surface area contributed by atoms with Gasteiger partial charge in [-0.2, -0.15) is 0 Å². The molecule has 0 amide bonds. The molecule has 1 aromatic carbocycles. The standard InChI is InChI=1S/C15H24N2O3S/c1-17-9-7-13(8-10-17)11-16-21(18,19)12-14-3-5-15(20-2)6-4-14/h3-6,13,16H,7-12H2,1-2H3. The molecule has 2 rings (SSSR count). The summed E-state index contributed by atoms with van der Waals surface area (Å²) in [4.78, 5) is 2.28. The van der Waals surface area contributed by atoms with Gasteiger partial charge < -0.3 is 9.64 Å². The van der Waals surface area contributed by atoms with Gasteiger partial charge in [0.05, 0.1) is 12.9 Å². The minimum absolute atomic E-state index is 0.0175. The van der Waals surface area contributed by atoms with Crippen LogP contribution in [0.1, 0.15) is 18.4 Å². The molecular weight excluding hydrogens is 288 g/mol. The Morgan fingerprint density at radius 3 is 2.43 bits per heavy atom. The lowest BCUT2D eigenvalue weighted by atomic mass is 9.98. The lowest BCUT2D eigenvalue weighted by molar-refractivity contribution is 0.220. The summed E-state index contributed by atoms with van der Waals surface area (Å²) in [6, 6.07) is 7.13. The number of sulfonamides is 1. The summed E-state index contributed by atoms with van der Waals surface area (Å²) >= 11 is 0. The number of nitrogens with one attached hydrogen (secondary N) is 1. The molecule has 6 heteroatoms. The number of likely N-dealkylation sites (tertiary alicyclic amines) is 1. The molecule has 5 nitrogen and oxygen atoms in total. The van der Waals surface area contributed by atoms with Crippen molar-refractivity contribution < 1.29 is 13.2 Å². The number of benzene rings is 1. The second-order valence-electron chi connectivity index (χ2n) is 5.70. The molecule has 0 radical (unpaired) electrons. The Balaban J connectivity index is 1.83. The van der Waals surface area contributed by atoms with Crippen LogP contribution in [0, 0.1) is 5.92 Å². The summed E-state index contributed by atoms with van der Waals surface area (Å²) in [5.41, 5.74) is 0.770. The van der Waals surface area contributed by atoms with E-state index in [9.17, 15) is 8.42 Å². The van der Waals surface area contributed by atoms with Gasteiger partial charge >= 0.3 is 0 Å². The van der Waals surface area contributed by atoms with Gasteiger partial charge in [-0.3, -0.25) is 0 Å². The molecule has 1 N–H and O–H groups in total. The second kappa shape index (κ2) is 7.24. The molecular formula is C15H24N2O3S. The third kappa shape index (κ3) is 5.30. The number of methoxy groups -OCH3 is 1. The van der Waals surface area contributed by atoms with Crippen molar-refractivity contribution >= 4 is 10.0 Å². The Morgan fingerprint density at radius 1 is 1.24 bits per heavy atom. The molecule has 0 saturated carbocycles. The first-order valence-electron chi connectivity index (χ1n) is 7.27. The molecule has 1 aliphatic heterocycles. The topological polar surface area (TPSA) is 58.6 Å². The normalized spacial score (nSPS) is 17.8. The molecule has 118 valence electrons. The van der Waals surface area contributed by atoms with E-state index >= 15 is 0 Å². The molecule has 21 heavy (non-hydrogen) atoms. The van der Waals surface area contributed by atoms with Gasteiger partial charge in [0.2, 0.25) is 10.0 Å². The van der Waals surface area contributed by atoms with Gasteiger partial charge in [0.25, 0.3) is 0 Å². The van der Waals surface area contributed by atoms with Gasteiger partial charge in [0.1, 0.15) is 5.75 Å². The molecule has 1 fully saturated rings. The fraction of sp³-hybridized carbons (Fsp3) is 0.600. The number of hydrogen-bond acceptors (Lipinski definition) is 4. The van der Waals surface area contributed by atoms with Crippen LogP contribution in [0.4, 0.5) is 0 Å². The van der Waals surface area contributed by atoms with Crippen LogP contribution in [0.2, 0.25) is 0 Å². The van der Waals surface area contributed by atoms with Crippen LogP contribution in [-0.2, 0) is 15.8 Å². The number of rotatable bonds is 6. The predicted molar refractivity (Wildman–Crippen MR) is 83.8 cm³/mol. The van der Waals surface area contributed by atoms with Crippen LogP contribution in [0.15, 0.2) is 24.3 Å². The summed E-state index contributed by atoms with van der Waals surface area (Å²) in [6.45, 7) is 2.64. The average molecular weight is 312 g/mol. The van der Waals surface area contributed by atoms with Crippen molar-refractivity contribution in [1.82, 2.24) is 9.62 Å². The largest absolute Gasteiger partial charge is 0.497 e. The van der Waals surface area contributed by atoms with Crippen molar-refractivity contribution in [3.63, 3.8) is 0 Å². The molecule has 0 unspecified atom stereocenters. The van der Waals surface area contributed by atoms with E-state index < -0.39 is 10.0 Å². The highest BCUT2D eigenvalue weighted by Gasteiger charge is 2.19. The van der Waals surface area contributed by atoms with Gasteiger partial charge in [-0.05, 0) is 56.6 Å². The number of piperidine rings is 1. The van der Waals surface area contributed by atoms with Crippen molar-refractivity contribution in [2.75, 3.05) is 33.8 Å². The third-order valence-electron chi connectivity index (χ3n) is 3.95. The van der Waals surface area contributed by atoms with Gasteiger partial charge in [0.15, 0.2) is 0 Å². The Kier molecular flexibility index (Phi) is 5.61. The van der Waals surface area contributed by atoms with Crippen LogP contribution in [-0.4, -0.2) is 47.1 Å². The van der Waals surface area contributed by atoms with Crippen molar-refractivity contribution in [2.24, 2.45) is 5.92 Å². The molecule has 0 atom stereocenters. The second-order valence-corrected chi connectivity index (χ2v) is 7.51. The first-order valence-corrected chi connectivity index (χ1v) is 8.92. The third-order valence-corrected chi connectivity index (χ3v) is 5.27. The fourth-order valence-corrected chi connectivity index (χ4v) is 3.73. The van der Waals surface area contributed by atoms with Crippen LogP contribution >= 0.6 is 0 Å². The summed E-state index contributed by atoms with van der Waals surface area (Å²) in [5, 5.41) is 0. The zero-order valence-corrected chi connectivity index (χ0v) is 13.5. The highest BCUT2D eigenvalue weighted by Crippen LogP contribution is 2.16. The first-order chi connectivity index (χ1) is 9.98. The SMILES string of the molecule is COc1ccc(CS(=O)(=O)NCC2CCN(C)CC2)cc1. The maximum Gasteiger partial charge on any atom is 0.215 e. The summed E-state index contributed by atoms with van der Waals surface area (Å²) in [7, 11) is 0.422. The minimum Gasteiger partial charge on any atom is -0.497 e. The van der Waals surface area contributed by atoms with E-state index in [4.69, 9.17) is 4.74 Å². The Morgan fingerprint density at radius 2 is 1.86 bits per heavy atom. The van der Waals surface area contributed by atoms with Gasteiger partial charge in [-0.1, -0.05) is 12.1 Å². The van der Waals surface area contributed by atoms with E-state index in [2.05, 4.69) is 16.7 Å². The van der Waals surface area contributed by atoms with Crippen molar-refractivity contribution in [1.29, 1.82) is 0 Å². The lowest BCUT2D eigenvalue weighted by Gasteiger charge is -2.28. The minimum atomic E-state index is -3.27. The summed E-state index contributed by atoms with van der Waals surface area (Å²) in [6.07, 6.45) is 2.11. The molecule has 1 heterocycles. The van der Waals surface area contributed by atoms with Crippen molar-refractivity contribution in [2.45, 2.75) is 18.6 Å². The van der Waals surface area contributed by atoms with E-state index in [0.717, 1.165) is 37.2 Å². The molecule has 1 aliphatic rings. The zero-order chi connectivity index (χ0) is 15.3. The monoisotopic (exact) mass is 312 g/mol. The summed E-state index contributed by atoms with van der Waals surface area (Å²) in [5.74, 6) is 1.20. The van der Waals surface area contributed by atoms with E-state index in [1.807, 2.05) is 0 Å². The van der Waals surface area contributed by atoms with Crippen LogP contribution < -0.4 is 9.46 Å². The summed E-state index contributed by atoms with van der Waals surface area (Å²) < 4.78 is 32.0. The lowest BCUT2D eigenvalue weighted by Crippen LogP contribution is -2.37. The van der Waals surface area contributed by atoms with E-state index in [-0.39, 0.29) is 5.75 Å². The number of ether oxygens (including phenoxy) is 1. The van der Waals surface area contributed by atoms with E-state index in [0.29, 0.717) is 12.5 Å². The van der Waals surface area contributed by atoms with Gasteiger partial charge in [-0.25, -0.2) is 13.1 Å². The fourth-order valence-electron chi connectivity index (χ4n) is 2.50. The molecule has 0 spiro atoms. The maximum atomic E-state index is 12.1. The number of nitrogens with zero attached hydrogens (tertiary/aromatic N) is 1. The number of hydrogen-bond donors (Lipinski definition) is 1. The molecule has 0 aliphatic carbocycles. The Labute approximate surface area is 127 Å². The Bertz CT molecular complexity index is 535. The van der Waals surface area contributed by atoms with E-state index in [1.165, 1.54) is 0 Å².